The van der Waals surface area contributed by atoms with Crippen LogP contribution in [0.5, 0.6) is 0 Å². The minimum absolute atomic E-state index is 0.903. The van der Waals surface area contributed by atoms with Gasteiger partial charge in [0, 0.05) is 5.92 Å². The van der Waals surface area contributed by atoms with E-state index in [0.717, 1.165) is 0 Å². The average Bonchev–Trinajstić information content (AvgIpc) is 2.45. The minimum atomic E-state index is -0.903. The summed E-state index contributed by atoms with van der Waals surface area (Å²) >= 11 is 0. The summed E-state index contributed by atoms with van der Waals surface area (Å²) < 4.78 is 0. The Morgan fingerprint density at radius 3 is 1.00 bits per heavy atom. The summed E-state index contributed by atoms with van der Waals surface area (Å²) in [6.07, 6.45) is 0. The van der Waals surface area contributed by atoms with E-state index in [9.17, 15) is 0 Å². The molecular formula is C18H35PSi2+. The monoisotopic (exact) mass is 338 g/mol. The van der Waals surface area contributed by atoms with Crippen LogP contribution in [-0.4, -0.2) is 27.0 Å². The molecule has 0 aromatic rings. The molecule has 0 saturated heterocycles. The van der Waals surface area contributed by atoms with E-state index in [1.165, 1.54) is 36.0 Å². The molecule has 0 atom stereocenters. The summed E-state index contributed by atoms with van der Waals surface area (Å²) in [6, 6.07) is 0. The van der Waals surface area contributed by atoms with Crippen molar-refractivity contribution >= 4 is 34.8 Å². The third kappa shape index (κ3) is 8.33. The van der Waals surface area contributed by atoms with Gasteiger partial charge in [-0.1, -0.05) is 18.1 Å². The first-order valence-electron chi connectivity index (χ1n) is 7.84. The van der Waals surface area contributed by atoms with Crippen LogP contribution in [0.1, 0.15) is 34.6 Å². The first kappa shape index (κ1) is 21.1. The van der Waals surface area contributed by atoms with Crippen LogP contribution in [0.15, 0.2) is 22.3 Å². The summed E-state index contributed by atoms with van der Waals surface area (Å²) in [7, 11) is -0.332. The molecule has 1 radical (unpaired) electrons. The van der Waals surface area contributed by atoms with E-state index in [4.69, 9.17) is 0 Å². The maximum atomic E-state index is 2.51. The molecule has 1 rings (SSSR count). The van der Waals surface area contributed by atoms with Gasteiger partial charge in [-0.25, -0.2) is 0 Å². The molecule has 0 N–H and O–H groups in total. The van der Waals surface area contributed by atoms with Gasteiger partial charge in [0.2, 0.25) is 0 Å². The predicted octanol–water partition coefficient (Wildman–Crippen LogP) is 6.56. The summed E-state index contributed by atoms with van der Waals surface area (Å²) in [5, 5.41) is 0. The maximum absolute atomic E-state index is 2.51. The number of hydrogen-bond donors (Lipinski definition) is 0. The Hall–Kier alpha value is 0.0838. The Balaban J connectivity index is 0.000000382. The molecule has 0 fully saturated rings. The molecule has 0 aromatic carbocycles. The van der Waals surface area contributed by atoms with E-state index in [0.29, 0.717) is 0 Å². The Morgan fingerprint density at radius 2 is 0.857 bits per heavy atom. The zero-order valence-electron chi connectivity index (χ0n) is 16.1. The van der Waals surface area contributed by atoms with Crippen LogP contribution in [0.4, 0.5) is 0 Å². The van der Waals surface area contributed by atoms with Crippen molar-refractivity contribution in [1.82, 2.24) is 0 Å². The molecule has 1 aliphatic rings. The topological polar surface area (TPSA) is 0 Å². The second-order valence-electron chi connectivity index (χ2n) is 8.26. The molecule has 119 valence electrons. The van der Waals surface area contributed by atoms with Crippen molar-refractivity contribution in [3.05, 3.63) is 28.2 Å². The quantitative estimate of drug-likeness (QED) is 0.395. The molecule has 21 heavy (non-hydrogen) atoms. The van der Waals surface area contributed by atoms with E-state index in [1.54, 1.807) is 0 Å². The van der Waals surface area contributed by atoms with Crippen molar-refractivity contribution in [2.75, 3.05) is 0 Å². The number of hydrogen-bond acceptors (Lipinski definition) is 0. The van der Waals surface area contributed by atoms with Crippen LogP contribution in [-0.2, 0) is 0 Å². The fourth-order valence-electron chi connectivity index (χ4n) is 1.89. The first-order valence-corrected chi connectivity index (χ1v) is 16.0. The standard InChI is InChI=1S/C10H15.C8H20PSi2/c1-6-7(2)9(4)10(5)8(6)3;1-10(2,3)7-9-8-11(4,5)6/h1-5H3;7-8H,1-6H3/q;+1. The van der Waals surface area contributed by atoms with Crippen molar-refractivity contribution in [1.29, 1.82) is 0 Å². The van der Waals surface area contributed by atoms with Crippen molar-refractivity contribution < 1.29 is 0 Å². The normalized spacial score (nSPS) is 16.7. The van der Waals surface area contributed by atoms with Crippen LogP contribution in [0, 0.1) is 5.92 Å². The fourth-order valence-corrected chi connectivity index (χ4v) is 6.44. The molecule has 0 unspecified atom stereocenters. The molecule has 0 aromatic heterocycles. The zero-order valence-corrected chi connectivity index (χ0v) is 19.0. The Bertz CT molecular complexity index is 448. The predicted molar refractivity (Wildman–Crippen MR) is 111 cm³/mol. The van der Waals surface area contributed by atoms with Crippen LogP contribution >= 0.6 is 7.83 Å². The van der Waals surface area contributed by atoms with E-state index in [2.05, 4.69) is 84.7 Å². The molecule has 3 heteroatoms. The second-order valence-corrected chi connectivity index (χ2v) is 20.1. The number of rotatable bonds is 2. The SMILES string of the molecule is C[C]1C(C)=C(C)C(C)=C1C.C[Si](C)(C)C=[P+]=C[Si](C)(C)C. The van der Waals surface area contributed by atoms with Gasteiger partial charge in [0.05, 0.1) is 0 Å². The molecule has 0 aliphatic heterocycles. The van der Waals surface area contributed by atoms with E-state index in [1.807, 2.05) is 0 Å². The van der Waals surface area contributed by atoms with Crippen molar-refractivity contribution in [3.63, 3.8) is 0 Å². The van der Waals surface area contributed by atoms with Gasteiger partial charge < -0.3 is 0 Å². The Kier molecular flexibility index (Phi) is 8.11. The van der Waals surface area contributed by atoms with E-state index < -0.39 is 16.1 Å². The van der Waals surface area contributed by atoms with Crippen molar-refractivity contribution in [2.45, 2.75) is 73.9 Å². The molecule has 0 spiro atoms. The summed E-state index contributed by atoms with van der Waals surface area (Å²) in [6.45, 7) is 25.3. The molecule has 0 heterocycles. The van der Waals surface area contributed by atoms with E-state index >= 15 is 0 Å². The second kappa shape index (κ2) is 8.08. The molecule has 1 aliphatic carbocycles. The van der Waals surface area contributed by atoms with Gasteiger partial charge in [0.25, 0.3) is 0 Å². The molecule has 0 nitrogen and oxygen atoms in total. The van der Waals surface area contributed by atoms with Gasteiger partial charge in [-0.3, -0.25) is 0 Å². The van der Waals surface area contributed by atoms with E-state index in [-0.39, 0.29) is 0 Å². The van der Waals surface area contributed by atoms with Crippen molar-refractivity contribution in [3.8, 4) is 0 Å². The van der Waals surface area contributed by atoms with Crippen LogP contribution in [0.3, 0.4) is 0 Å². The Morgan fingerprint density at radius 1 is 0.571 bits per heavy atom. The molecule has 0 saturated carbocycles. The summed E-state index contributed by atoms with van der Waals surface area (Å²) in [5.74, 6) is 1.47. The van der Waals surface area contributed by atoms with Crippen LogP contribution in [0.25, 0.3) is 0 Å². The molecular weight excluding hydrogens is 303 g/mol. The first-order chi connectivity index (χ1) is 9.26. The third-order valence-corrected chi connectivity index (χ3v) is 11.1. The molecule has 0 amide bonds. The number of allylic oxidation sites excluding steroid dienone is 4. The van der Waals surface area contributed by atoms with Gasteiger partial charge in [-0.15, -0.1) is 0 Å². The van der Waals surface area contributed by atoms with Gasteiger partial charge in [-0.2, -0.15) is 0 Å². The zero-order chi connectivity index (χ0) is 17.0. The van der Waals surface area contributed by atoms with Gasteiger partial charge in [0.1, 0.15) is 0 Å². The van der Waals surface area contributed by atoms with Gasteiger partial charge in [-0.05, 0) is 38.8 Å². The van der Waals surface area contributed by atoms with Crippen LogP contribution < -0.4 is 0 Å². The summed E-state index contributed by atoms with van der Waals surface area (Å²) in [4.78, 5) is 0. The fraction of sp³-hybridized carbons (Fsp3) is 0.611. The van der Waals surface area contributed by atoms with Crippen molar-refractivity contribution in [2.24, 2.45) is 0 Å². The Labute approximate surface area is 137 Å². The van der Waals surface area contributed by atoms with Crippen LogP contribution in [0.2, 0.25) is 39.3 Å². The molecule has 0 bridgehead atoms. The van der Waals surface area contributed by atoms with Gasteiger partial charge >= 0.3 is 74.1 Å². The average molecular weight is 339 g/mol. The van der Waals surface area contributed by atoms with Gasteiger partial charge in [0.15, 0.2) is 0 Å². The summed E-state index contributed by atoms with van der Waals surface area (Å²) in [5.41, 5.74) is 10.9. The third-order valence-electron chi connectivity index (χ3n) is 3.74.